The SMILES string of the molecule is O=c1[nH]cc(C(O)CNc2ccccc2)o1. The summed E-state index contributed by atoms with van der Waals surface area (Å²) in [4.78, 5) is 13.1. The van der Waals surface area contributed by atoms with Crippen LogP contribution in [0.4, 0.5) is 5.69 Å². The van der Waals surface area contributed by atoms with Gasteiger partial charge < -0.3 is 14.8 Å². The van der Waals surface area contributed by atoms with E-state index in [9.17, 15) is 9.90 Å². The van der Waals surface area contributed by atoms with Crippen molar-refractivity contribution in [3.05, 3.63) is 52.8 Å². The molecule has 2 rings (SSSR count). The maximum atomic E-state index is 10.7. The van der Waals surface area contributed by atoms with Crippen molar-refractivity contribution in [2.24, 2.45) is 0 Å². The zero-order chi connectivity index (χ0) is 11.4. The van der Waals surface area contributed by atoms with Crippen LogP contribution in [-0.2, 0) is 0 Å². The average Bonchev–Trinajstić information content (AvgIpc) is 2.74. The molecule has 0 aliphatic carbocycles. The van der Waals surface area contributed by atoms with E-state index in [1.54, 1.807) is 0 Å². The first-order valence-electron chi connectivity index (χ1n) is 4.91. The van der Waals surface area contributed by atoms with Gasteiger partial charge in [-0.25, -0.2) is 4.79 Å². The molecule has 0 saturated heterocycles. The molecule has 0 amide bonds. The van der Waals surface area contributed by atoms with Crippen LogP contribution >= 0.6 is 0 Å². The van der Waals surface area contributed by atoms with Crippen LogP contribution in [0.5, 0.6) is 0 Å². The van der Waals surface area contributed by atoms with Gasteiger partial charge in [0, 0.05) is 18.4 Å². The summed E-state index contributed by atoms with van der Waals surface area (Å²) in [6.45, 7) is 0.283. The van der Waals surface area contributed by atoms with E-state index in [1.165, 1.54) is 6.20 Å². The molecular weight excluding hydrogens is 208 g/mol. The number of para-hydroxylation sites is 1. The Morgan fingerprint density at radius 1 is 1.38 bits per heavy atom. The summed E-state index contributed by atoms with van der Waals surface area (Å²) in [7, 11) is 0. The van der Waals surface area contributed by atoms with Crippen molar-refractivity contribution in [3.63, 3.8) is 0 Å². The number of aromatic amines is 1. The molecule has 16 heavy (non-hydrogen) atoms. The Labute approximate surface area is 91.7 Å². The van der Waals surface area contributed by atoms with Crippen LogP contribution in [0.25, 0.3) is 0 Å². The minimum Gasteiger partial charge on any atom is -0.410 e. The number of anilines is 1. The lowest BCUT2D eigenvalue weighted by molar-refractivity contribution is 0.160. The molecule has 1 aromatic heterocycles. The molecule has 0 fully saturated rings. The lowest BCUT2D eigenvalue weighted by Crippen LogP contribution is -2.11. The predicted octanol–water partition coefficient (Wildman–Crippen LogP) is 1.11. The fraction of sp³-hybridized carbons (Fsp3) is 0.182. The maximum Gasteiger partial charge on any atom is 0.416 e. The third-order valence-corrected chi connectivity index (χ3v) is 2.14. The van der Waals surface area contributed by atoms with Gasteiger partial charge >= 0.3 is 5.76 Å². The van der Waals surface area contributed by atoms with Gasteiger partial charge in [-0.05, 0) is 12.1 Å². The van der Waals surface area contributed by atoms with Crippen LogP contribution in [0.15, 0.2) is 45.7 Å². The topological polar surface area (TPSA) is 78.3 Å². The number of benzene rings is 1. The number of rotatable bonds is 4. The minimum absolute atomic E-state index is 0.230. The molecule has 1 unspecified atom stereocenters. The molecule has 0 aliphatic heterocycles. The van der Waals surface area contributed by atoms with E-state index in [4.69, 9.17) is 4.42 Å². The number of oxazole rings is 1. The number of hydrogen-bond acceptors (Lipinski definition) is 4. The van der Waals surface area contributed by atoms with Gasteiger partial charge in [0.15, 0.2) is 5.76 Å². The molecule has 1 aromatic carbocycles. The number of aliphatic hydroxyl groups excluding tert-OH is 1. The fourth-order valence-electron chi connectivity index (χ4n) is 1.33. The van der Waals surface area contributed by atoms with E-state index >= 15 is 0 Å². The molecule has 5 nitrogen and oxygen atoms in total. The summed E-state index contributed by atoms with van der Waals surface area (Å²) >= 11 is 0. The number of aliphatic hydroxyl groups is 1. The van der Waals surface area contributed by atoms with Crippen molar-refractivity contribution in [1.82, 2.24) is 4.98 Å². The molecule has 0 bridgehead atoms. The van der Waals surface area contributed by atoms with Gasteiger partial charge in [0.25, 0.3) is 0 Å². The van der Waals surface area contributed by atoms with Crippen molar-refractivity contribution in [2.45, 2.75) is 6.10 Å². The van der Waals surface area contributed by atoms with Crippen LogP contribution in [0.1, 0.15) is 11.9 Å². The second-order valence-corrected chi connectivity index (χ2v) is 3.34. The monoisotopic (exact) mass is 220 g/mol. The lowest BCUT2D eigenvalue weighted by atomic mass is 10.2. The molecule has 1 atom stereocenters. The van der Waals surface area contributed by atoms with Crippen molar-refractivity contribution >= 4 is 5.69 Å². The highest BCUT2D eigenvalue weighted by molar-refractivity contribution is 5.42. The Balaban J connectivity index is 1.94. The van der Waals surface area contributed by atoms with E-state index in [2.05, 4.69) is 10.3 Å². The molecule has 0 saturated carbocycles. The van der Waals surface area contributed by atoms with Crippen LogP contribution in [0, 0.1) is 0 Å². The Kier molecular flexibility index (Phi) is 3.07. The molecule has 0 radical (unpaired) electrons. The van der Waals surface area contributed by atoms with Gasteiger partial charge in [-0.2, -0.15) is 0 Å². The maximum absolute atomic E-state index is 10.7. The van der Waals surface area contributed by atoms with Gasteiger partial charge in [-0.3, -0.25) is 4.98 Å². The van der Waals surface area contributed by atoms with Gasteiger partial charge in [0.05, 0.1) is 0 Å². The Bertz CT molecular complexity index is 489. The standard InChI is InChI=1S/C11H12N2O3/c14-9(10-7-13-11(15)16-10)6-12-8-4-2-1-3-5-8/h1-5,7,9,12,14H,6H2,(H,13,15). The van der Waals surface area contributed by atoms with Crippen LogP contribution in [-0.4, -0.2) is 16.6 Å². The van der Waals surface area contributed by atoms with E-state index in [0.717, 1.165) is 5.69 Å². The molecule has 84 valence electrons. The number of hydrogen-bond donors (Lipinski definition) is 3. The first-order chi connectivity index (χ1) is 7.75. The zero-order valence-corrected chi connectivity index (χ0v) is 8.51. The second-order valence-electron chi connectivity index (χ2n) is 3.34. The van der Waals surface area contributed by atoms with Crippen molar-refractivity contribution in [1.29, 1.82) is 0 Å². The smallest absolute Gasteiger partial charge is 0.410 e. The highest BCUT2D eigenvalue weighted by atomic mass is 16.4. The molecule has 5 heteroatoms. The molecule has 2 aromatic rings. The fourth-order valence-corrected chi connectivity index (χ4v) is 1.33. The summed E-state index contributed by atoms with van der Waals surface area (Å²) in [5.41, 5.74) is 0.902. The first kappa shape index (κ1) is 10.5. The van der Waals surface area contributed by atoms with E-state index < -0.39 is 11.9 Å². The second kappa shape index (κ2) is 4.67. The van der Waals surface area contributed by atoms with E-state index in [-0.39, 0.29) is 12.3 Å². The normalized spacial score (nSPS) is 12.3. The van der Waals surface area contributed by atoms with Gasteiger partial charge in [0.2, 0.25) is 0 Å². The third kappa shape index (κ3) is 2.52. The quantitative estimate of drug-likeness (QED) is 0.721. The number of aromatic nitrogens is 1. The van der Waals surface area contributed by atoms with Gasteiger partial charge in [0.1, 0.15) is 6.10 Å². The van der Waals surface area contributed by atoms with E-state index in [1.807, 2.05) is 30.3 Å². The summed E-state index contributed by atoms with van der Waals surface area (Å²) in [5, 5.41) is 12.7. The number of H-pyrrole nitrogens is 1. The molecule has 3 N–H and O–H groups in total. The van der Waals surface area contributed by atoms with E-state index in [0.29, 0.717) is 0 Å². The molecule has 1 heterocycles. The summed E-state index contributed by atoms with van der Waals surface area (Å²) in [5.74, 6) is -0.331. The average molecular weight is 220 g/mol. The third-order valence-electron chi connectivity index (χ3n) is 2.14. The summed E-state index contributed by atoms with van der Waals surface area (Å²) in [6, 6.07) is 9.48. The molecule has 0 aliphatic rings. The zero-order valence-electron chi connectivity index (χ0n) is 8.51. The highest BCUT2D eigenvalue weighted by Gasteiger charge is 2.11. The highest BCUT2D eigenvalue weighted by Crippen LogP contribution is 2.12. The molecular formula is C11H12N2O3. The Hall–Kier alpha value is -2.01. The van der Waals surface area contributed by atoms with Crippen molar-refractivity contribution in [3.8, 4) is 0 Å². The minimum atomic E-state index is -0.848. The number of nitrogens with one attached hydrogen (secondary N) is 2. The van der Waals surface area contributed by atoms with Crippen LogP contribution in [0.3, 0.4) is 0 Å². The Morgan fingerprint density at radius 2 is 2.12 bits per heavy atom. The van der Waals surface area contributed by atoms with Gasteiger partial charge in [-0.1, -0.05) is 18.2 Å². The molecule has 0 spiro atoms. The summed E-state index contributed by atoms with van der Waals surface area (Å²) < 4.78 is 4.73. The van der Waals surface area contributed by atoms with Crippen LogP contribution < -0.4 is 11.1 Å². The lowest BCUT2D eigenvalue weighted by Gasteiger charge is -2.09. The van der Waals surface area contributed by atoms with Crippen LogP contribution in [0.2, 0.25) is 0 Å². The van der Waals surface area contributed by atoms with Crippen molar-refractivity contribution < 1.29 is 9.52 Å². The predicted molar refractivity (Wildman–Crippen MR) is 59.2 cm³/mol. The Morgan fingerprint density at radius 3 is 2.75 bits per heavy atom. The van der Waals surface area contributed by atoms with Gasteiger partial charge in [-0.15, -0.1) is 0 Å². The van der Waals surface area contributed by atoms with Crippen molar-refractivity contribution in [2.75, 3.05) is 11.9 Å². The first-order valence-corrected chi connectivity index (χ1v) is 4.91. The largest absolute Gasteiger partial charge is 0.416 e. The summed E-state index contributed by atoms with van der Waals surface area (Å²) in [6.07, 6.45) is 0.513.